The maximum absolute atomic E-state index is 13.4. The number of hydrogen-bond acceptors (Lipinski definition) is 3. The third kappa shape index (κ3) is 2.20. The molecule has 1 fully saturated rings. The van der Waals surface area contributed by atoms with E-state index in [0.717, 1.165) is 16.8 Å². The van der Waals surface area contributed by atoms with Gasteiger partial charge >= 0.3 is 0 Å². The number of fused-ring (bicyclic) bond motifs is 3. The summed E-state index contributed by atoms with van der Waals surface area (Å²) in [5, 5.41) is 3.51. The Kier molecular flexibility index (Phi) is 3.79. The van der Waals surface area contributed by atoms with Crippen molar-refractivity contribution in [3.8, 4) is 0 Å². The zero-order chi connectivity index (χ0) is 18.7. The number of nitrogens with zero attached hydrogens (tertiary/aromatic N) is 1. The number of nitrogens with one attached hydrogen (secondary N) is 1. The number of benzene rings is 2. The molecule has 2 aliphatic heterocycles. The molecule has 2 aromatic rings. The van der Waals surface area contributed by atoms with E-state index >= 15 is 0 Å². The minimum atomic E-state index is -3.60. The normalized spacial score (nSPS) is 27.7. The standard InChI is InChI=1S/C21H24N2O2S/c1-5-16-13-23(26(24,25)17-11-9-14(2)10-12-17)20-21(16,4)18-8-6-7-15(3)19(18)22-20/h5-12,16,20,22H,1,13H2,2-4H3. The second kappa shape index (κ2) is 5.69. The second-order valence-corrected chi connectivity index (χ2v) is 9.45. The first kappa shape index (κ1) is 17.3. The number of sulfonamides is 1. The van der Waals surface area contributed by atoms with E-state index in [1.807, 2.05) is 31.2 Å². The van der Waals surface area contributed by atoms with Gasteiger partial charge < -0.3 is 5.32 Å². The van der Waals surface area contributed by atoms with Crippen LogP contribution in [0.1, 0.15) is 23.6 Å². The summed E-state index contributed by atoms with van der Waals surface area (Å²) in [6.07, 6.45) is 1.59. The van der Waals surface area contributed by atoms with Gasteiger partial charge in [-0.3, -0.25) is 0 Å². The second-order valence-electron chi connectivity index (χ2n) is 7.56. The van der Waals surface area contributed by atoms with Crippen LogP contribution in [0.5, 0.6) is 0 Å². The molecule has 2 aliphatic rings. The van der Waals surface area contributed by atoms with Crippen molar-refractivity contribution in [3.63, 3.8) is 0 Å². The van der Waals surface area contributed by atoms with Gasteiger partial charge in [0.2, 0.25) is 10.0 Å². The molecular formula is C21H24N2O2S. The molecule has 5 heteroatoms. The molecule has 26 heavy (non-hydrogen) atoms. The van der Waals surface area contributed by atoms with Gasteiger partial charge in [-0.2, -0.15) is 4.31 Å². The van der Waals surface area contributed by atoms with E-state index in [0.29, 0.717) is 11.4 Å². The summed E-state index contributed by atoms with van der Waals surface area (Å²) in [5.74, 6) is 0.0447. The molecule has 0 aromatic heterocycles. The molecule has 3 unspecified atom stereocenters. The highest BCUT2D eigenvalue weighted by Gasteiger charge is 2.58. The SMILES string of the molecule is C=CC1CN(S(=O)(=O)c2ccc(C)cc2)C2Nc3c(C)cccc3C12C. The zero-order valence-corrected chi connectivity index (χ0v) is 16.2. The van der Waals surface area contributed by atoms with Crippen molar-refractivity contribution in [2.75, 3.05) is 11.9 Å². The van der Waals surface area contributed by atoms with E-state index in [1.54, 1.807) is 16.4 Å². The van der Waals surface area contributed by atoms with E-state index in [4.69, 9.17) is 0 Å². The average molecular weight is 369 g/mol. The van der Waals surface area contributed by atoms with Gasteiger partial charge in [0.15, 0.2) is 0 Å². The monoisotopic (exact) mass is 368 g/mol. The number of hydrogen-bond donors (Lipinski definition) is 1. The fourth-order valence-corrected chi connectivity index (χ4v) is 6.06. The Hall–Kier alpha value is -2.11. The van der Waals surface area contributed by atoms with Gasteiger partial charge in [0, 0.05) is 23.6 Å². The molecule has 0 radical (unpaired) electrons. The van der Waals surface area contributed by atoms with E-state index in [1.165, 1.54) is 5.56 Å². The summed E-state index contributed by atoms with van der Waals surface area (Å²) >= 11 is 0. The number of anilines is 1. The Labute approximate surface area is 155 Å². The van der Waals surface area contributed by atoms with Gasteiger partial charge in [0.05, 0.1) is 4.90 Å². The zero-order valence-electron chi connectivity index (χ0n) is 15.4. The molecule has 136 valence electrons. The molecule has 2 heterocycles. The molecule has 4 nitrogen and oxygen atoms in total. The lowest BCUT2D eigenvalue weighted by molar-refractivity contribution is 0.350. The lowest BCUT2D eigenvalue weighted by Crippen LogP contribution is -2.45. The molecule has 0 spiro atoms. The third-order valence-corrected chi connectivity index (χ3v) is 7.89. The predicted molar refractivity (Wildman–Crippen MR) is 105 cm³/mol. The summed E-state index contributed by atoms with van der Waals surface area (Å²) in [6.45, 7) is 10.6. The van der Waals surface area contributed by atoms with Crippen LogP contribution < -0.4 is 5.32 Å². The molecule has 2 aromatic carbocycles. The summed E-state index contributed by atoms with van der Waals surface area (Å²) in [6, 6.07) is 13.3. The van der Waals surface area contributed by atoms with Gasteiger partial charge in [-0.15, -0.1) is 6.58 Å². The van der Waals surface area contributed by atoms with Crippen molar-refractivity contribution in [2.24, 2.45) is 5.92 Å². The average Bonchev–Trinajstić information content (AvgIpc) is 3.06. The summed E-state index contributed by atoms with van der Waals surface area (Å²) in [5.41, 5.74) is 4.07. The van der Waals surface area contributed by atoms with Gasteiger partial charge in [0.25, 0.3) is 0 Å². The number of para-hydroxylation sites is 1. The van der Waals surface area contributed by atoms with Crippen LogP contribution in [0, 0.1) is 19.8 Å². The lowest BCUT2D eigenvalue weighted by atomic mass is 9.73. The smallest absolute Gasteiger partial charge is 0.244 e. The van der Waals surface area contributed by atoms with Crippen molar-refractivity contribution in [3.05, 3.63) is 71.8 Å². The molecule has 1 saturated heterocycles. The predicted octanol–water partition coefficient (Wildman–Crippen LogP) is 3.82. The van der Waals surface area contributed by atoms with Crippen molar-refractivity contribution in [1.82, 2.24) is 4.31 Å². The van der Waals surface area contributed by atoms with Crippen LogP contribution in [0.25, 0.3) is 0 Å². The Morgan fingerprint density at radius 2 is 1.88 bits per heavy atom. The Morgan fingerprint density at radius 1 is 1.19 bits per heavy atom. The Balaban J connectivity index is 1.83. The van der Waals surface area contributed by atoms with Crippen LogP contribution in [0.3, 0.4) is 0 Å². The minimum absolute atomic E-state index is 0.0447. The summed E-state index contributed by atoms with van der Waals surface area (Å²) in [7, 11) is -3.60. The highest BCUT2D eigenvalue weighted by Crippen LogP contribution is 2.53. The number of rotatable bonds is 3. The fraction of sp³-hybridized carbons (Fsp3) is 0.333. The van der Waals surface area contributed by atoms with Crippen molar-refractivity contribution in [2.45, 2.75) is 37.2 Å². The molecule has 0 bridgehead atoms. The third-order valence-electron chi connectivity index (χ3n) is 6.05. The molecular weight excluding hydrogens is 344 g/mol. The molecule has 1 N–H and O–H groups in total. The van der Waals surface area contributed by atoms with E-state index in [9.17, 15) is 8.42 Å². The molecule has 0 aliphatic carbocycles. The molecule has 0 saturated carbocycles. The van der Waals surface area contributed by atoms with Gasteiger partial charge in [-0.1, -0.05) is 48.9 Å². The molecule has 4 rings (SSSR count). The molecule has 0 amide bonds. The highest BCUT2D eigenvalue weighted by atomic mass is 32.2. The topological polar surface area (TPSA) is 49.4 Å². The van der Waals surface area contributed by atoms with Crippen LogP contribution in [-0.4, -0.2) is 25.4 Å². The van der Waals surface area contributed by atoms with Crippen molar-refractivity contribution >= 4 is 15.7 Å². The molecule has 3 atom stereocenters. The Morgan fingerprint density at radius 3 is 2.54 bits per heavy atom. The lowest BCUT2D eigenvalue weighted by Gasteiger charge is -2.30. The number of aryl methyl sites for hydroxylation is 2. The van der Waals surface area contributed by atoms with Crippen LogP contribution in [0.2, 0.25) is 0 Å². The first-order valence-corrected chi connectivity index (χ1v) is 10.3. The van der Waals surface area contributed by atoms with Crippen LogP contribution in [-0.2, 0) is 15.4 Å². The van der Waals surface area contributed by atoms with Crippen LogP contribution in [0.15, 0.2) is 60.0 Å². The summed E-state index contributed by atoms with van der Waals surface area (Å²) in [4.78, 5) is 0.338. The van der Waals surface area contributed by atoms with E-state index < -0.39 is 10.0 Å². The van der Waals surface area contributed by atoms with Crippen LogP contribution in [0.4, 0.5) is 5.69 Å². The minimum Gasteiger partial charge on any atom is -0.368 e. The van der Waals surface area contributed by atoms with Gasteiger partial charge in [-0.05, 0) is 37.1 Å². The fourth-order valence-electron chi connectivity index (χ4n) is 4.41. The quantitative estimate of drug-likeness (QED) is 0.838. The maximum atomic E-state index is 13.4. The van der Waals surface area contributed by atoms with Gasteiger partial charge in [0.1, 0.15) is 6.17 Å². The first-order chi connectivity index (χ1) is 12.3. The van der Waals surface area contributed by atoms with Gasteiger partial charge in [-0.25, -0.2) is 8.42 Å². The Bertz CT molecular complexity index is 982. The van der Waals surface area contributed by atoms with E-state index in [2.05, 4.69) is 37.9 Å². The largest absolute Gasteiger partial charge is 0.368 e. The van der Waals surface area contributed by atoms with Crippen LogP contribution >= 0.6 is 0 Å². The van der Waals surface area contributed by atoms with E-state index in [-0.39, 0.29) is 17.5 Å². The van der Waals surface area contributed by atoms with Crippen molar-refractivity contribution in [1.29, 1.82) is 0 Å². The summed E-state index contributed by atoms with van der Waals surface area (Å²) < 4.78 is 28.4. The highest BCUT2D eigenvalue weighted by molar-refractivity contribution is 7.89. The van der Waals surface area contributed by atoms with Crippen molar-refractivity contribution < 1.29 is 8.42 Å². The maximum Gasteiger partial charge on any atom is 0.244 e. The first-order valence-electron chi connectivity index (χ1n) is 8.88.